The van der Waals surface area contributed by atoms with Gasteiger partial charge in [-0.05, 0) is 38.1 Å². The van der Waals surface area contributed by atoms with E-state index < -0.39 is 0 Å². The SMILES string of the molecule is Cn1ncnc1CN(CC1CC1)CC1CCCN1. The second kappa shape index (κ2) is 5.36. The van der Waals surface area contributed by atoms with Crippen molar-refractivity contribution in [1.29, 1.82) is 0 Å². The van der Waals surface area contributed by atoms with Crippen LogP contribution in [-0.2, 0) is 13.6 Å². The quantitative estimate of drug-likeness (QED) is 0.809. The van der Waals surface area contributed by atoms with Crippen LogP contribution >= 0.6 is 0 Å². The fourth-order valence-corrected chi connectivity index (χ4v) is 2.76. The lowest BCUT2D eigenvalue weighted by molar-refractivity contribution is 0.224. The summed E-state index contributed by atoms with van der Waals surface area (Å²) in [6.45, 7) is 4.51. The first-order valence-corrected chi connectivity index (χ1v) is 7.10. The highest BCUT2D eigenvalue weighted by molar-refractivity contribution is 4.88. The molecule has 1 aliphatic carbocycles. The number of hydrogen-bond acceptors (Lipinski definition) is 4. The number of nitrogens with zero attached hydrogens (tertiary/aromatic N) is 4. The third-order valence-electron chi connectivity index (χ3n) is 4.02. The Balaban J connectivity index is 1.59. The fourth-order valence-electron chi connectivity index (χ4n) is 2.76. The molecule has 1 aromatic rings. The van der Waals surface area contributed by atoms with Crippen LogP contribution in [0.5, 0.6) is 0 Å². The molecule has 0 spiro atoms. The van der Waals surface area contributed by atoms with Crippen molar-refractivity contribution in [3.05, 3.63) is 12.2 Å². The summed E-state index contributed by atoms with van der Waals surface area (Å²) < 4.78 is 1.89. The highest BCUT2D eigenvalue weighted by Gasteiger charge is 2.27. The molecule has 0 aromatic carbocycles. The second-order valence-corrected chi connectivity index (χ2v) is 5.73. The van der Waals surface area contributed by atoms with Gasteiger partial charge in [-0.2, -0.15) is 5.10 Å². The molecule has 2 fully saturated rings. The van der Waals surface area contributed by atoms with Crippen molar-refractivity contribution < 1.29 is 0 Å². The Morgan fingerprint density at radius 3 is 2.89 bits per heavy atom. The Hall–Kier alpha value is -0.940. The molecule has 0 amide bonds. The fraction of sp³-hybridized carbons (Fsp3) is 0.846. The van der Waals surface area contributed by atoms with Gasteiger partial charge in [-0.25, -0.2) is 4.98 Å². The summed E-state index contributed by atoms with van der Waals surface area (Å²) in [5.74, 6) is 2.01. The van der Waals surface area contributed by atoms with Crippen LogP contribution in [0.2, 0.25) is 0 Å². The van der Waals surface area contributed by atoms with Crippen LogP contribution in [-0.4, -0.2) is 45.3 Å². The lowest BCUT2D eigenvalue weighted by atomic mass is 10.2. The van der Waals surface area contributed by atoms with Crippen molar-refractivity contribution in [2.75, 3.05) is 19.6 Å². The van der Waals surface area contributed by atoms with E-state index in [2.05, 4.69) is 20.3 Å². The van der Waals surface area contributed by atoms with Crippen LogP contribution in [0.3, 0.4) is 0 Å². The zero-order valence-corrected chi connectivity index (χ0v) is 11.2. The van der Waals surface area contributed by atoms with Crippen molar-refractivity contribution >= 4 is 0 Å². The zero-order valence-electron chi connectivity index (χ0n) is 11.2. The molecule has 2 aliphatic rings. The van der Waals surface area contributed by atoms with Crippen LogP contribution in [0, 0.1) is 5.92 Å². The van der Waals surface area contributed by atoms with Crippen LogP contribution in [0.15, 0.2) is 6.33 Å². The van der Waals surface area contributed by atoms with Gasteiger partial charge in [-0.15, -0.1) is 0 Å². The topological polar surface area (TPSA) is 46.0 Å². The molecule has 0 radical (unpaired) electrons. The lowest BCUT2D eigenvalue weighted by Gasteiger charge is -2.25. The molecule has 1 saturated carbocycles. The smallest absolute Gasteiger partial charge is 0.140 e. The summed E-state index contributed by atoms with van der Waals surface area (Å²) in [5, 5.41) is 7.75. The van der Waals surface area contributed by atoms with Gasteiger partial charge in [-0.3, -0.25) is 9.58 Å². The van der Waals surface area contributed by atoms with Crippen LogP contribution < -0.4 is 5.32 Å². The van der Waals surface area contributed by atoms with E-state index in [-0.39, 0.29) is 0 Å². The number of hydrogen-bond donors (Lipinski definition) is 1. The summed E-state index contributed by atoms with van der Waals surface area (Å²) in [7, 11) is 1.98. The van der Waals surface area contributed by atoms with Gasteiger partial charge in [-0.1, -0.05) is 0 Å². The maximum absolute atomic E-state index is 4.35. The molecule has 18 heavy (non-hydrogen) atoms. The van der Waals surface area contributed by atoms with Crippen molar-refractivity contribution in [3.8, 4) is 0 Å². The molecule has 1 unspecified atom stereocenters. The first-order valence-electron chi connectivity index (χ1n) is 7.10. The van der Waals surface area contributed by atoms with Gasteiger partial charge in [0.25, 0.3) is 0 Å². The predicted molar refractivity (Wildman–Crippen MR) is 70.0 cm³/mol. The van der Waals surface area contributed by atoms with Gasteiger partial charge >= 0.3 is 0 Å². The Bertz CT molecular complexity index is 378. The van der Waals surface area contributed by atoms with Crippen molar-refractivity contribution in [2.24, 2.45) is 13.0 Å². The molecule has 5 heteroatoms. The summed E-state index contributed by atoms with van der Waals surface area (Å²) in [6, 6.07) is 0.678. The van der Waals surface area contributed by atoms with Gasteiger partial charge in [0.05, 0.1) is 6.54 Å². The van der Waals surface area contributed by atoms with E-state index in [0.29, 0.717) is 6.04 Å². The Kier molecular flexibility index (Phi) is 3.61. The lowest BCUT2D eigenvalue weighted by Crippen LogP contribution is -2.38. The highest BCUT2D eigenvalue weighted by Crippen LogP contribution is 2.30. The second-order valence-electron chi connectivity index (χ2n) is 5.73. The minimum absolute atomic E-state index is 0.678. The Labute approximate surface area is 109 Å². The largest absolute Gasteiger partial charge is 0.313 e. The van der Waals surface area contributed by atoms with Gasteiger partial charge in [0.2, 0.25) is 0 Å². The molecular weight excluding hydrogens is 226 g/mol. The van der Waals surface area contributed by atoms with E-state index in [1.54, 1.807) is 6.33 Å². The van der Waals surface area contributed by atoms with Crippen LogP contribution in [0.25, 0.3) is 0 Å². The highest BCUT2D eigenvalue weighted by atomic mass is 15.3. The standard InChI is InChI=1S/C13H23N5/c1-17-13(15-10-16-17)9-18(7-11-4-5-11)8-12-3-2-6-14-12/h10-12,14H,2-9H2,1H3. The molecule has 2 heterocycles. The minimum atomic E-state index is 0.678. The first kappa shape index (κ1) is 12.1. The molecule has 1 atom stereocenters. The van der Waals surface area contributed by atoms with E-state index in [1.807, 2.05) is 11.7 Å². The normalized spacial score (nSPS) is 24.0. The molecular formula is C13H23N5. The third-order valence-corrected chi connectivity index (χ3v) is 4.02. The average molecular weight is 249 g/mol. The van der Waals surface area contributed by atoms with Gasteiger partial charge in [0, 0.05) is 26.2 Å². The summed E-state index contributed by atoms with van der Waals surface area (Å²) in [6.07, 6.45) is 7.12. The Morgan fingerprint density at radius 2 is 2.28 bits per heavy atom. The first-order chi connectivity index (χ1) is 8.81. The minimum Gasteiger partial charge on any atom is -0.313 e. The van der Waals surface area contributed by atoms with Crippen molar-refractivity contribution in [1.82, 2.24) is 25.0 Å². The number of aryl methyl sites for hydroxylation is 1. The predicted octanol–water partition coefficient (Wildman–Crippen LogP) is 0.779. The third kappa shape index (κ3) is 3.09. The number of rotatable bonds is 6. The van der Waals surface area contributed by atoms with E-state index in [4.69, 9.17) is 0 Å². The molecule has 1 aliphatic heterocycles. The zero-order chi connectivity index (χ0) is 12.4. The number of nitrogens with one attached hydrogen (secondary N) is 1. The molecule has 5 nitrogen and oxygen atoms in total. The molecule has 100 valence electrons. The molecule has 0 bridgehead atoms. The van der Waals surface area contributed by atoms with Crippen molar-refractivity contribution in [3.63, 3.8) is 0 Å². The van der Waals surface area contributed by atoms with Gasteiger partial charge in [0.1, 0.15) is 12.2 Å². The Morgan fingerprint density at radius 1 is 1.39 bits per heavy atom. The maximum atomic E-state index is 4.35. The van der Waals surface area contributed by atoms with Crippen LogP contribution in [0.4, 0.5) is 0 Å². The summed E-state index contributed by atoms with van der Waals surface area (Å²) >= 11 is 0. The maximum Gasteiger partial charge on any atom is 0.140 e. The van der Waals surface area contributed by atoms with Gasteiger partial charge in [0.15, 0.2) is 0 Å². The molecule has 1 aromatic heterocycles. The molecule has 1 saturated heterocycles. The van der Waals surface area contributed by atoms with Gasteiger partial charge < -0.3 is 5.32 Å². The van der Waals surface area contributed by atoms with Crippen molar-refractivity contribution in [2.45, 2.75) is 38.3 Å². The molecule has 3 rings (SSSR count). The number of aromatic nitrogens is 3. The average Bonchev–Trinajstić information content (AvgIpc) is 2.84. The molecule has 1 N–H and O–H groups in total. The van der Waals surface area contributed by atoms with Crippen LogP contribution in [0.1, 0.15) is 31.5 Å². The van der Waals surface area contributed by atoms with E-state index in [0.717, 1.165) is 24.8 Å². The summed E-state index contributed by atoms with van der Waals surface area (Å²) in [4.78, 5) is 6.91. The van der Waals surface area contributed by atoms with E-state index >= 15 is 0 Å². The summed E-state index contributed by atoms with van der Waals surface area (Å²) in [5.41, 5.74) is 0. The van der Waals surface area contributed by atoms with E-state index in [9.17, 15) is 0 Å². The monoisotopic (exact) mass is 249 g/mol. The van der Waals surface area contributed by atoms with E-state index in [1.165, 1.54) is 38.8 Å².